The second-order valence-electron chi connectivity index (χ2n) is 8.97. The Morgan fingerprint density at radius 2 is 1.45 bits per heavy atom. The van der Waals surface area contributed by atoms with Crippen molar-refractivity contribution in [1.29, 1.82) is 0 Å². The first-order chi connectivity index (χ1) is 16.1. The van der Waals surface area contributed by atoms with E-state index in [1.165, 1.54) is 0 Å². The summed E-state index contributed by atoms with van der Waals surface area (Å²) in [5.41, 5.74) is 2.74. The smallest absolute Gasteiger partial charge is 0.162 e. The quantitative estimate of drug-likeness (QED) is 0.420. The average Bonchev–Trinajstić information content (AvgIpc) is 2.89. The van der Waals surface area contributed by atoms with E-state index >= 15 is 0 Å². The number of Topliss-reactive ketones (excluding diaryl/α,β-unsaturated/α-hetero) is 1. The van der Waals surface area contributed by atoms with Crippen LogP contribution < -0.4 is 0 Å². The number of carbonyl (C=O) groups excluding carboxylic acids is 1. The number of hydrogen-bond acceptors (Lipinski definition) is 3. The van der Waals surface area contributed by atoms with Crippen LogP contribution in [0.25, 0.3) is 6.08 Å². The second kappa shape index (κ2) is 10.7. The average molecular weight is 440 g/mol. The van der Waals surface area contributed by atoms with Crippen LogP contribution in [-0.2, 0) is 5.60 Å². The van der Waals surface area contributed by atoms with Crippen LogP contribution in [0.3, 0.4) is 0 Å². The molecule has 1 N–H and O–H groups in total. The molecule has 3 heteroatoms. The third-order valence-corrected chi connectivity index (χ3v) is 6.95. The summed E-state index contributed by atoms with van der Waals surface area (Å²) >= 11 is 0. The largest absolute Gasteiger partial charge is 0.380 e. The summed E-state index contributed by atoms with van der Waals surface area (Å²) in [5.74, 6) is 0.353. The molecule has 0 radical (unpaired) electrons. The Kier molecular flexibility index (Phi) is 7.54. The van der Waals surface area contributed by atoms with Crippen LogP contribution in [0.4, 0.5) is 0 Å². The lowest BCUT2D eigenvalue weighted by Crippen LogP contribution is -2.44. The van der Waals surface area contributed by atoms with E-state index in [0.29, 0.717) is 6.42 Å². The van der Waals surface area contributed by atoms with E-state index in [9.17, 15) is 9.90 Å². The van der Waals surface area contributed by atoms with Gasteiger partial charge in [0.1, 0.15) is 5.60 Å². The topological polar surface area (TPSA) is 40.5 Å². The van der Waals surface area contributed by atoms with Crippen LogP contribution >= 0.6 is 0 Å². The van der Waals surface area contributed by atoms with Crippen molar-refractivity contribution in [2.75, 3.05) is 19.6 Å². The summed E-state index contributed by atoms with van der Waals surface area (Å²) in [7, 11) is 0. The molecule has 0 saturated carbocycles. The van der Waals surface area contributed by atoms with E-state index in [1.807, 2.05) is 84.9 Å². The normalized spacial score (nSPS) is 15.3. The van der Waals surface area contributed by atoms with E-state index in [4.69, 9.17) is 0 Å². The Balaban J connectivity index is 1.34. The van der Waals surface area contributed by atoms with Gasteiger partial charge in [0.05, 0.1) is 0 Å². The first-order valence-electron chi connectivity index (χ1n) is 11.9. The summed E-state index contributed by atoms with van der Waals surface area (Å²) < 4.78 is 0. The van der Waals surface area contributed by atoms with Crippen molar-refractivity contribution in [2.45, 2.75) is 31.3 Å². The number of ketones is 1. The Morgan fingerprint density at radius 1 is 0.909 bits per heavy atom. The number of rotatable bonds is 9. The first kappa shape index (κ1) is 23.2. The molecule has 3 aromatic carbocycles. The van der Waals surface area contributed by atoms with Crippen molar-refractivity contribution >= 4 is 11.9 Å². The molecule has 0 unspecified atom stereocenters. The molecule has 1 heterocycles. The molecule has 0 aromatic heterocycles. The molecule has 0 spiro atoms. The molecule has 0 bridgehead atoms. The van der Waals surface area contributed by atoms with E-state index < -0.39 is 5.60 Å². The number of aliphatic hydroxyl groups is 1. The van der Waals surface area contributed by atoms with Crippen LogP contribution in [0.15, 0.2) is 91.5 Å². The predicted molar refractivity (Wildman–Crippen MR) is 135 cm³/mol. The highest BCUT2D eigenvalue weighted by Crippen LogP contribution is 2.41. The third kappa shape index (κ3) is 5.32. The summed E-state index contributed by atoms with van der Waals surface area (Å²) in [5, 5.41) is 12.0. The lowest BCUT2D eigenvalue weighted by atomic mass is 9.72. The molecule has 1 fully saturated rings. The molecule has 1 aliphatic rings. The van der Waals surface area contributed by atoms with Gasteiger partial charge in [-0.25, -0.2) is 0 Å². The fourth-order valence-corrected chi connectivity index (χ4v) is 5.01. The number of carbonyl (C=O) groups is 1. The molecule has 1 aliphatic heterocycles. The van der Waals surface area contributed by atoms with Gasteiger partial charge < -0.3 is 10.0 Å². The second-order valence-corrected chi connectivity index (χ2v) is 8.97. The zero-order valence-electron chi connectivity index (χ0n) is 19.2. The zero-order chi connectivity index (χ0) is 23.1. The lowest BCUT2D eigenvalue weighted by Gasteiger charge is -2.42. The molecule has 1 saturated heterocycles. The summed E-state index contributed by atoms with van der Waals surface area (Å²) in [6.45, 7) is 6.55. The molecule has 170 valence electrons. The maximum Gasteiger partial charge on any atom is 0.162 e. The van der Waals surface area contributed by atoms with Gasteiger partial charge in [0, 0.05) is 12.0 Å². The van der Waals surface area contributed by atoms with Crippen molar-refractivity contribution in [3.05, 3.63) is 114 Å². The van der Waals surface area contributed by atoms with Gasteiger partial charge >= 0.3 is 0 Å². The monoisotopic (exact) mass is 439 g/mol. The maximum absolute atomic E-state index is 12.5. The van der Waals surface area contributed by atoms with Crippen molar-refractivity contribution < 1.29 is 9.90 Å². The van der Waals surface area contributed by atoms with Crippen LogP contribution in [0.1, 0.15) is 52.7 Å². The van der Waals surface area contributed by atoms with Crippen molar-refractivity contribution in [3.63, 3.8) is 0 Å². The third-order valence-electron chi connectivity index (χ3n) is 6.95. The van der Waals surface area contributed by atoms with Gasteiger partial charge in [0.2, 0.25) is 0 Å². The standard InChI is InChI=1S/C30H33NO2/c1-2-24-15-17-25(18-16-24)29(32)14-9-21-31-22-19-28(20-23-31)30(33,26-10-5-3-6-11-26)27-12-7-4-8-13-27/h2-8,10-13,15-18,28,33H,1,9,14,19-23H2. The fourth-order valence-electron chi connectivity index (χ4n) is 5.01. The molecule has 0 aliphatic carbocycles. The molecule has 0 amide bonds. The summed E-state index contributed by atoms with van der Waals surface area (Å²) in [6, 6.07) is 27.8. The van der Waals surface area contributed by atoms with E-state index in [1.54, 1.807) is 6.08 Å². The summed E-state index contributed by atoms with van der Waals surface area (Å²) in [6.07, 6.45) is 5.06. The van der Waals surface area contributed by atoms with Gasteiger partial charge in [-0.2, -0.15) is 0 Å². The van der Waals surface area contributed by atoms with E-state index in [-0.39, 0.29) is 11.7 Å². The van der Waals surface area contributed by atoms with Crippen molar-refractivity contribution in [3.8, 4) is 0 Å². The van der Waals surface area contributed by atoms with Crippen LogP contribution in [0.5, 0.6) is 0 Å². The SMILES string of the molecule is C=Cc1ccc(C(=O)CCCN2CCC(C(O)(c3ccccc3)c3ccccc3)CC2)cc1. The minimum absolute atomic E-state index is 0.156. The molecular weight excluding hydrogens is 406 g/mol. The number of piperidine rings is 1. The van der Waals surface area contributed by atoms with Crippen molar-refractivity contribution in [1.82, 2.24) is 4.90 Å². The molecule has 3 nitrogen and oxygen atoms in total. The molecule has 3 aromatic rings. The number of hydrogen-bond donors (Lipinski definition) is 1. The zero-order valence-corrected chi connectivity index (χ0v) is 19.2. The van der Waals surface area contributed by atoms with Gasteiger partial charge in [0.15, 0.2) is 5.78 Å². The molecular formula is C30H33NO2. The van der Waals surface area contributed by atoms with E-state index in [2.05, 4.69) is 11.5 Å². The van der Waals surface area contributed by atoms with Crippen LogP contribution in [0.2, 0.25) is 0 Å². The highest BCUT2D eigenvalue weighted by molar-refractivity contribution is 5.96. The van der Waals surface area contributed by atoms with Crippen LogP contribution in [-0.4, -0.2) is 35.4 Å². The first-order valence-corrected chi connectivity index (χ1v) is 11.9. The summed E-state index contributed by atoms with van der Waals surface area (Å²) in [4.78, 5) is 14.9. The van der Waals surface area contributed by atoms with Gasteiger partial charge in [-0.15, -0.1) is 0 Å². The molecule has 4 rings (SSSR count). The maximum atomic E-state index is 12.5. The Hall–Kier alpha value is -3.01. The Morgan fingerprint density at radius 3 is 1.97 bits per heavy atom. The highest BCUT2D eigenvalue weighted by Gasteiger charge is 2.41. The Labute approximate surface area is 197 Å². The van der Waals surface area contributed by atoms with Crippen LogP contribution in [0, 0.1) is 5.92 Å². The Bertz CT molecular complexity index is 996. The van der Waals surface area contributed by atoms with Gasteiger partial charge in [-0.05, 0) is 61.5 Å². The minimum atomic E-state index is -0.984. The molecule has 0 atom stereocenters. The minimum Gasteiger partial charge on any atom is -0.380 e. The highest BCUT2D eigenvalue weighted by atomic mass is 16.3. The van der Waals surface area contributed by atoms with Gasteiger partial charge in [-0.3, -0.25) is 4.79 Å². The predicted octanol–water partition coefficient (Wildman–Crippen LogP) is 5.94. The number of nitrogens with zero attached hydrogens (tertiary/aromatic N) is 1. The molecule has 33 heavy (non-hydrogen) atoms. The van der Waals surface area contributed by atoms with Crippen molar-refractivity contribution in [2.24, 2.45) is 5.92 Å². The fraction of sp³-hybridized carbons (Fsp3) is 0.300. The van der Waals surface area contributed by atoms with Gasteiger partial charge in [0.25, 0.3) is 0 Å². The number of likely N-dealkylation sites (tertiary alicyclic amines) is 1. The lowest BCUT2D eigenvalue weighted by molar-refractivity contribution is -0.0142. The van der Waals surface area contributed by atoms with Gasteiger partial charge in [-0.1, -0.05) is 97.6 Å². The number of benzene rings is 3. The van der Waals surface area contributed by atoms with E-state index in [0.717, 1.165) is 61.2 Å².